The Bertz CT molecular complexity index is 814. The van der Waals surface area contributed by atoms with Crippen molar-refractivity contribution >= 4 is 38.8 Å². The van der Waals surface area contributed by atoms with Crippen LogP contribution in [0.2, 0.25) is 0 Å². The zero-order chi connectivity index (χ0) is 17.2. The van der Waals surface area contributed by atoms with Crippen LogP contribution in [0.1, 0.15) is 13.3 Å². The van der Waals surface area contributed by atoms with Crippen LogP contribution in [0.15, 0.2) is 22.7 Å². The summed E-state index contributed by atoms with van der Waals surface area (Å²) in [6.45, 7) is 2.72. The molecule has 1 aliphatic rings. The molecule has 10 heteroatoms. The Morgan fingerprint density at radius 2 is 2.33 bits per heavy atom. The third-order valence-corrected chi connectivity index (χ3v) is 7.31. The predicted molar refractivity (Wildman–Crippen MR) is 94.9 cm³/mol. The second-order valence-electron chi connectivity index (χ2n) is 5.48. The van der Waals surface area contributed by atoms with Crippen LogP contribution in [0, 0.1) is 0 Å². The Kier molecular flexibility index (Phi) is 5.26. The van der Waals surface area contributed by atoms with Crippen molar-refractivity contribution in [3.63, 3.8) is 0 Å². The van der Waals surface area contributed by atoms with E-state index in [-0.39, 0.29) is 29.2 Å². The number of nitrogens with one attached hydrogen (secondary N) is 1. The van der Waals surface area contributed by atoms with E-state index in [1.54, 1.807) is 11.3 Å². The Morgan fingerprint density at radius 1 is 1.50 bits per heavy atom. The second kappa shape index (κ2) is 7.24. The minimum atomic E-state index is -2.99. The van der Waals surface area contributed by atoms with E-state index in [9.17, 15) is 13.2 Å². The molecule has 24 heavy (non-hydrogen) atoms. The van der Waals surface area contributed by atoms with E-state index in [4.69, 9.17) is 0 Å². The molecular formula is C14H18N4O3S3. The highest BCUT2D eigenvalue weighted by Crippen LogP contribution is 2.27. The first-order valence-electron chi connectivity index (χ1n) is 7.58. The minimum absolute atomic E-state index is 0.0388. The Morgan fingerprint density at radius 3 is 2.96 bits per heavy atom. The first-order chi connectivity index (χ1) is 11.5. The van der Waals surface area contributed by atoms with Gasteiger partial charge in [0.2, 0.25) is 5.91 Å². The molecule has 130 valence electrons. The normalized spacial score (nSPS) is 19.5. The molecule has 0 spiro atoms. The molecule has 0 bridgehead atoms. The first kappa shape index (κ1) is 17.4. The first-order valence-corrected chi connectivity index (χ1v) is 11.3. The number of carbonyl (C=O) groups excluding carboxylic acids is 1. The smallest absolute Gasteiger partial charge is 0.230 e. The van der Waals surface area contributed by atoms with Gasteiger partial charge in [0.15, 0.2) is 20.8 Å². The lowest BCUT2D eigenvalue weighted by Crippen LogP contribution is -2.36. The summed E-state index contributed by atoms with van der Waals surface area (Å²) in [5.41, 5.74) is 0. The molecule has 1 saturated heterocycles. The van der Waals surface area contributed by atoms with E-state index in [1.807, 2.05) is 29.0 Å². The van der Waals surface area contributed by atoms with E-state index in [1.165, 1.54) is 11.8 Å². The van der Waals surface area contributed by atoms with E-state index in [0.717, 1.165) is 10.7 Å². The van der Waals surface area contributed by atoms with Gasteiger partial charge in [-0.15, -0.1) is 21.5 Å². The van der Waals surface area contributed by atoms with Crippen molar-refractivity contribution < 1.29 is 13.2 Å². The van der Waals surface area contributed by atoms with Crippen molar-refractivity contribution in [1.82, 2.24) is 20.1 Å². The number of aromatic nitrogens is 3. The summed E-state index contributed by atoms with van der Waals surface area (Å²) in [5, 5.41) is 13.9. The van der Waals surface area contributed by atoms with Gasteiger partial charge in [0.25, 0.3) is 0 Å². The van der Waals surface area contributed by atoms with Gasteiger partial charge in [-0.25, -0.2) is 8.42 Å². The molecule has 1 atom stereocenters. The third-order valence-electron chi connectivity index (χ3n) is 3.70. The molecule has 1 N–H and O–H groups in total. The maximum atomic E-state index is 12.0. The zero-order valence-electron chi connectivity index (χ0n) is 13.1. The number of thioether (sulfide) groups is 1. The van der Waals surface area contributed by atoms with Gasteiger partial charge in [-0.05, 0) is 24.8 Å². The van der Waals surface area contributed by atoms with Crippen LogP contribution in [0.4, 0.5) is 0 Å². The molecule has 0 radical (unpaired) electrons. The van der Waals surface area contributed by atoms with Gasteiger partial charge in [0, 0.05) is 12.6 Å². The van der Waals surface area contributed by atoms with E-state index in [2.05, 4.69) is 15.5 Å². The molecule has 1 aliphatic heterocycles. The molecular weight excluding hydrogens is 368 g/mol. The summed E-state index contributed by atoms with van der Waals surface area (Å²) in [5.74, 6) is 1.01. The quantitative estimate of drug-likeness (QED) is 0.755. The van der Waals surface area contributed by atoms with Crippen LogP contribution in [0.5, 0.6) is 0 Å². The number of rotatable bonds is 6. The van der Waals surface area contributed by atoms with Crippen LogP contribution in [-0.4, -0.2) is 52.4 Å². The highest BCUT2D eigenvalue weighted by atomic mass is 32.2. The van der Waals surface area contributed by atoms with Crippen molar-refractivity contribution in [3.05, 3.63) is 17.5 Å². The highest BCUT2D eigenvalue weighted by Gasteiger charge is 2.29. The topological polar surface area (TPSA) is 94.0 Å². The van der Waals surface area contributed by atoms with Gasteiger partial charge < -0.3 is 9.88 Å². The fourth-order valence-electron chi connectivity index (χ4n) is 2.58. The minimum Gasteiger partial charge on any atom is -0.352 e. The number of nitrogens with zero attached hydrogens (tertiary/aromatic N) is 3. The van der Waals surface area contributed by atoms with Crippen LogP contribution >= 0.6 is 23.1 Å². The van der Waals surface area contributed by atoms with Crippen LogP contribution in [0.25, 0.3) is 10.7 Å². The predicted octanol–water partition coefficient (Wildman–Crippen LogP) is 1.42. The summed E-state index contributed by atoms with van der Waals surface area (Å²) in [4.78, 5) is 13.1. The number of carbonyl (C=O) groups is 1. The molecule has 3 rings (SSSR count). The van der Waals surface area contributed by atoms with Crippen molar-refractivity contribution in [2.24, 2.45) is 0 Å². The number of hydrogen-bond acceptors (Lipinski definition) is 7. The van der Waals surface area contributed by atoms with E-state index in [0.29, 0.717) is 18.1 Å². The van der Waals surface area contributed by atoms with Crippen molar-refractivity contribution in [3.8, 4) is 10.7 Å². The second-order valence-corrected chi connectivity index (χ2v) is 9.60. The van der Waals surface area contributed by atoms with Crippen molar-refractivity contribution in [2.45, 2.75) is 31.1 Å². The lowest BCUT2D eigenvalue weighted by atomic mass is 10.3. The summed E-state index contributed by atoms with van der Waals surface area (Å²) < 4.78 is 24.8. The van der Waals surface area contributed by atoms with E-state index >= 15 is 0 Å². The van der Waals surface area contributed by atoms with Gasteiger partial charge in [-0.1, -0.05) is 17.8 Å². The van der Waals surface area contributed by atoms with Crippen LogP contribution in [-0.2, 0) is 21.2 Å². The number of sulfone groups is 1. The lowest BCUT2D eigenvalue weighted by Gasteiger charge is -2.10. The van der Waals surface area contributed by atoms with Crippen molar-refractivity contribution in [1.29, 1.82) is 0 Å². The summed E-state index contributed by atoms with van der Waals surface area (Å²) in [6.07, 6.45) is 0.492. The fraction of sp³-hybridized carbons (Fsp3) is 0.500. The summed E-state index contributed by atoms with van der Waals surface area (Å²) in [7, 11) is -2.99. The molecule has 0 unspecified atom stereocenters. The Labute approximate surface area is 148 Å². The maximum absolute atomic E-state index is 12.0. The average Bonchev–Trinajstić information content (AvgIpc) is 3.24. The van der Waals surface area contributed by atoms with Crippen LogP contribution < -0.4 is 5.32 Å². The summed E-state index contributed by atoms with van der Waals surface area (Å²) >= 11 is 2.91. The maximum Gasteiger partial charge on any atom is 0.230 e. The molecule has 3 heterocycles. The standard InChI is InChI=1S/C14H18N4O3S3/c1-2-18-13(11-4-3-6-22-11)16-17-14(18)23-8-12(19)15-10-5-7-24(20,21)9-10/h3-4,6,10H,2,5,7-9H2,1H3,(H,15,19)/t10-/m0/s1. The van der Waals surface area contributed by atoms with Gasteiger partial charge in [0.1, 0.15) is 0 Å². The Balaban J connectivity index is 1.60. The lowest BCUT2D eigenvalue weighted by molar-refractivity contribution is -0.119. The SMILES string of the molecule is CCn1c(SCC(=O)N[C@H]2CCS(=O)(=O)C2)nnc1-c1cccs1. The monoisotopic (exact) mass is 386 g/mol. The van der Waals surface area contributed by atoms with Crippen LogP contribution in [0.3, 0.4) is 0 Å². The molecule has 1 amide bonds. The number of amides is 1. The highest BCUT2D eigenvalue weighted by molar-refractivity contribution is 7.99. The Hall–Kier alpha value is -1.39. The average molecular weight is 387 g/mol. The van der Waals surface area contributed by atoms with Gasteiger partial charge >= 0.3 is 0 Å². The van der Waals surface area contributed by atoms with Gasteiger partial charge in [-0.2, -0.15) is 0 Å². The number of thiophene rings is 1. The third kappa shape index (κ3) is 3.98. The van der Waals surface area contributed by atoms with E-state index < -0.39 is 9.84 Å². The molecule has 0 saturated carbocycles. The van der Waals surface area contributed by atoms with Gasteiger partial charge in [0.05, 0.1) is 22.1 Å². The molecule has 0 aliphatic carbocycles. The van der Waals surface area contributed by atoms with Crippen molar-refractivity contribution in [2.75, 3.05) is 17.3 Å². The molecule has 2 aromatic rings. The number of hydrogen-bond donors (Lipinski definition) is 1. The zero-order valence-corrected chi connectivity index (χ0v) is 15.6. The largest absolute Gasteiger partial charge is 0.352 e. The summed E-state index contributed by atoms with van der Waals surface area (Å²) in [6, 6.07) is 3.68. The fourth-order valence-corrected chi connectivity index (χ4v) is 5.78. The molecule has 7 nitrogen and oxygen atoms in total. The van der Waals surface area contributed by atoms with Gasteiger partial charge in [-0.3, -0.25) is 4.79 Å². The molecule has 0 aromatic carbocycles. The molecule has 1 fully saturated rings. The molecule has 2 aromatic heterocycles.